The van der Waals surface area contributed by atoms with E-state index in [1.807, 2.05) is 48.5 Å². The van der Waals surface area contributed by atoms with E-state index in [2.05, 4.69) is 15.3 Å². The molecule has 4 rings (SSSR count). The zero-order valence-corrected chi connectivity index (χ0v) is 26.4. The van der Waals surface area contributed by atoms with E-state index in [9.17, 15) is 19.2 Å². The SMILES string of the molecule is CCOC(=O)ON1CCN(C(=O)[C@H](CCC(=O)OC(C)(C)C)NC(=O)c2cc(Oc3ccccc3)nc(-c3ccccc3)n2)CC1. The van der Waals surface area contributed by atoms with Gasteiger partial charge in [0.05, 0.1) is 19.7 Å². The lowest BCUT2D eigenvalue weighted by Gasteiger charge is -2.35. The maximum Gasteiger partial charge on any atom is 0.527 e. The summed E-state index contributed by atoms with van der Waals surface area (Å²) in [6.45, 7) is 8.02. The summed E-state index contributed by atoms with van der Waals surface area (Å²) in [4.78, 5) is 67.4. The first kappa shape index (κ1) is 33.8. The van der Waals surface area contributed by atoms with Gasteiger partial charge in [-0.2, -0.15) is 4.98 Å². The number of rotatable bonds is 11. The molecular weight excluding hydrogens is 594 g/mol. The second-order valence-electron chi connectivity index (χ2n) is 11.4. The van der Waals surface area contributed by atoms with Gasteiger partial charge in [0.1, 0.15) is 23.1 Å². The minimum Gasteiger partial charge on any atom is -0.460 e. The second kappa shape index (κ2) is 15.8. The molecular formula is C33H39N5O8. The number of carbonyl (C=O) groups is 4. The smallest absolute Gasteiger partial charge is 0.460 e. The van der Waals surface area contributed by atoms with Gasteiger partial charge in [0.2, 0.25) is 11.8 Å². The molecule has 2 aromatic carbocycles. The first-order valence-electron chi connectivity index (χ1n) is 15.1. The molecule has 1 aliphatic heterocycles. The Balaban J connectivity index is 1.55. The molecule has 13 heteroatoms. The van der Waals surface area contributed by atoms with Gasteiger partial charge in [-0.25, -0.2) is 9.78 Å². The van der Waals surface area contributed by atoms with Gasteiger partial charge in [-0.05, 0) is 46.2 Å². The number of hydrogen-bond donors (Lipinski definition) is 1. The van der Waals surface area contributed by atoms with Gasteiger partial charge < -0.3 is 29.3 Å². The lowest BCUT2D eigenvalue weighted by molar-refractivity contribution is -0.158. The number of hydroxylamine groups is 2. The fourth-order valence-corrected chi connectivity index (χ4v) is 4.53. The minimum absolute atomic E-state index is 0.0109. The van der Waals surface area contributed by atoms with E-state index >= 15 is 0 Å². The third-order valence-electron chi connectivity index (χ3n) is 6.61. The summed E-state index contributed by atoms with van der Waals surface area (Å²) < 4.78 is 16.2. The van der Waals surface area contributed by atoms with Crippen LogP contribution in [0.25, 0.3) is 11.4 Å². The van der Waals surface area contributed by atoms with Crippen molar-refractivity contribution < 1.29 is 38.2 Å². The molecule has 0 unspecified atom stereocenters. The molecule has 13 nitrogen and oxygen atoms in total. The van der Waals surface area contributed by atoms with Gasteiger partial charge in [-0.15, -0.1) is 5.06 Å². The molecule has 1 saturated heterocycles. The van der Waals surface area contributed by atoms with Crippen LogP contribution >= 0.6 is 0 Å². The quantitative estimate of drug-likeness (QED) is 0.300. The van der Waals surface area contributed by atoms with Crippen molar-refractivity contribution >= 4 is 23.9 Å². The van der Waals surface area contributed by atoms with Crippen molar-refractivity contribution in [3.05, 3.63) is 72.4 Å². The van der Waals surface area contributed by atoms with E-state index in [-0.39, 0.29) is 63.0 Å². The lowest BCUT2D eigenvalue weighted by Crippen LogP contribution is -2.55. The number of nitrogens with one attached hydrogen (secondary N) is 1. The molecule has 0 saturated carbocycles. The molecule has 1 N–H and O–H groups in total. The maximum atomic E-state index is 13.7. The highest BCUT2D eigenvalue weighted by molar-refractivity contribution is 5.96. The fraction of sp³-hybridized carbons (Fsp3) is 0.394. The van der Waals surface area contributed by atoms with E-state index in [1.165, 1.54) is 11.1 Å². The van der Waals surface area contributed by atoms with E-state index < -0.39 is 35.6 Å². The number of ether oxygens (including phenoxy) is 3. The summed E-state index contributed by atoms with van der Waals surface area (Å²) >= 11 is 0. The van der Waals surface area contributed by atoms with Crippen LogP contribution in [-0.4, -0.2) is 88.3 Å². The molecule has 3 aromatic rings. The van der Waals surface area contributed by atoms with Crippen LogP contribution in [0.4, 0.5) is 4.79 Å². The molecule has 1 fully saturated rings. The number of esters is 1. The number of aromatic nitrogens is 2. The fourth-order valence-electron chi connectivity index (χ4n) is 4.53. The predicted molar refractivity (Wildman–Crippen MR) is 167 cm³/mol. The number of amides is 2. The molecule has 0 spiro atoms. The monoisotopic (exact) mass is 633 g/mol. The zero-order valence-electron chi connectivity index (χ0n) is 26.4. The van der Waals surface area contributed by atoms with Crippen molar-refractivity contribution in [2.24, 2.45) is 0 Å². The first-order chi connectivity index (χ1) is 22.0. The number of benzene rings is 2. The van der Waals surface area contributed by atoms with Crippen LogP contribution < -0.4 is 10.1 Å². The van der Waals surface area contributed by atoms with Crippen LogP contribution in [0.15, 0.2) is 66.7 Å². The Morgan fingerprint density at radius 3 is 2.20 bits per heavy atom. The number of para-hydroxylation sites is 1. The van der Waals surface area contributed by atoms with Crippen LogP contribution in [0.3, 0.4) is 0 Å². The topological polar surface area (TPSA) is 149 Å². The van der Waals surface area contributed by atoms with Crippen molar-refractivity contribution in [3.8, 4) is 23.0 Å². The third kappa shape index (κ3) is 10.3. The highest BCUT2D eigenvalue weighted by Gasteiger charge is 2.32. The Labute approximate surface area is 267 Å². The zero-order chi connectivity index (χ0) is 33.1. The van der Waals surface area contributed by atoms with Gasteiger partial charge in [0.15, 0.2) is 5.82 Å². The Morgan fingerprint density at radius 1 is 0.913 bits per heavy atom. The van der Waals surface area contributed by atoms with Crippen molar-refractivity contribution in [1.82, 2.24) is 25.2 Å². The normalized spacial score (nSPS) is 14.1. The van der Waals surface area contributed by atoms with Crippen molar-refractivity contribution in [1.29, 1.82) is 0 Å². The molecule has 244 valence electrons. The van der Waals surface area contributed by atoms with Gasteiger partial charge in [-0.3, -0.25) is 14.4 Å². The molecule has 1 aliphatic rings. The van der Waals surface area contributed by atoms with Crippen LogP contribution in [-0.2, 0) is 23.9 Å². The predicted octanol–water partition coefficient (Wildman–Crippen LogP) is 4.39. The van der Waals surface area contributed by atoms with Gasteiger partial charge in [0, 0.05) is 31.1 Å². The molecule has 2 amide bonds. The Morgan fingerprint density at radius 2 is 1.57 bits per heavy atom. The average molecular weight is 634 g/mol. The first-order valence-corrected chi connectivity index (χ1v) is 15.1. The molecule has 2 heterocycles. The standard InChI is InChI=1S/C33H39N5O8/c1-5-43-32(42)46-38-20-18-37(19-21-38)31(41)25(16-17-28(39)45-33(2,3)4)35-30(40)26-22-27(44-24-14-10-7-11-15-24)36-29(34-26)23-12-8-6-9-13-23/h6-15,22,25H,5,16-21H2,1-4H3,(H,35,40)/t25-/m0/s1. The number of hydrogen-bond acceptors (Lipinski definition) is 11. The Hall–Kier alpha value is -5.04. The van der Waals surface area contributed by atoms with Crippen LogP contribution in [0, 0.1) is 0 Å². The number of nitrogens with zero attached hydrogens (tertiary/aromatic N) is 4. The average Bonchev–Trinajstić information content (AvgIpc) is 3.03. The molecule has 0 bridgehead atoms. The molecule has 46 heavy (non-hydrogen) atoms. The van der Waals surface area contributed by atoms with Gasteiger partial charge in [0.25, 0.3) is 5.91 Å². The van der Waals surface area contributed by atoms with E-state index in [0.717, 1.165) is 0 Å². The van der Waals surface area contributed by atoms with Crippen molar-refractivity contribution in [3.63, 3.8) is 0 Å². The van der Waals surface area contributed by atoms with Crippen LogP contribution in [0.1, 0.15) is 51.0 Å². The van der Waals surface area contributed by atoms with Crippen LogP contribution in [0.5, 0.6) is 11.6 Å². The van der Waals surface area contributed by atoms with Crippen molar-refractivity contribution in [2.45, 2.75) is 52.2 Å². The molecule has 1 atom stereocenters. The Bertz CT molecular complexity index is 1490. The highest BCUT2D eigenvalue weighted by atomic mass is 16.8. The summed E-state index contributed by atoms with van der Waals surface area (Å²) in [7, 11) is 0. The maximum absolute atomic E-state index is 13.7. The molecule has 0 aliphatic carbocycles. The third-order valence-corrected chi connectivity index (χ3v) is 6.61. The number of piperazine rings is 1. The summed E-state index contributed by atoms with van der Waals surface area (Å²) in [5, 5.41) is 4.19. The molecule has 1 aromatic heterocycles. The van der Waals surface area contributed by atoms with Gasteiger partial charge >= 0.3 is 12.1 Å². The number of carbonyl (C=O) groups excluding carboxylic acids is 4. The largest absolute Gasteiger partial charge is 0.527 e. The minimum atomic E-state index is -1.08. The van der Waals surface area contributed by atoms with E-state index in [4.69, 9.17) is 19.0 Å². The summed E-state index contributed by atoms with van der Waals surface area (Å²) in [5.74, 6) is -0.634. The van der Waals surface area contributed by atoms with Crippen LogP contribution in [0.2, 0.25) is 0 Å². The lowest BCUT2D eigenvalue weighted by atomic mass is 10.1. The summed E-state index contributed by atoms with van der Waals surface area (Å²) in [5.41, 5.74) is -0.0722. The molecule has 0 radical (unpaired) electrons. The van der Waals surface area contributed by atoms with E-state index in [0.29, 0.717) is 11.3 Å². The van der Waals surface area contributed by atoms with E-state index in [1.54, 1.807) is 44.7 Å². The highest BCUT2D eigenvalue weighted by Crippen LogP contribution is 2.24. The summed E-state index contributed by atoms with van der Waals surface area (Å²) in [6.07, 6.45) is -0.940. The van der Waals surface area contributed by atoms with Crippen molar-refractivity contribution in [2.75, 3.05) is 32.8 Å². The Kier molecular flexibility index (Phi) is 11.6. The second-order valence-corrected chi connectivity index (χ2v) is 11.4. The van der Waals surface area contributed by atoms with Gasteiger partial charge in [-0.1, -0.05) is 48.5 Å². The summed E-state index contributed by atoms with van der Waals surface area (Å²) in [6, 6.07) is 18.4.